The first-order valence-corrected chi connectivity index (χ1v) is 5.41. The van der Waals surface area contributed by atoms with Crippen LogP contribution in [0.5, 0.6) is 0 Å². The van der Waals surface area contributed by atoms with Crippen LogP contribution in [-0.2, 0) is 17.8 Å². The average Bonchev–Trinajstić information content (AvgIpc) is 2.19. The molecule has 0 spiro atoms. The SMILES string of the molecule is NCc1cc(CC(=O)O)nc(C(F)F)c1I. The minimum Gasteiger partial charge on any atom is -0.481 e. The van der Waals surface area contributed by atoms with Gasteiger partial charge in [0.1, 0.15) is 5.69 Å². The zero-order valence-corrected chi connectivity index (χ0v) is 10.2. The number of aliphatic carboxylic acids is 1. The second kappa shape index (κ2) is 5.48. The number of hydrogen-bond acceptors (Lipinski definition) is 3. The van der Waals surface area contributed by atoms with Crippen molar-refractivity contribution in [2.75, 3.05) is 0 Å². The molecule has 1 aromatic rings. The van der Waals surface area contributed by atoms with E-state index in [-0.39, 0.29) is 18.7 Å². The van der Waals surface area contributed by atoms with E-state index in [1.807, 2.05) is 0 Å². The van der Waals surface area contributed by atoms with E-state index in [0.29, 0.717) is 9.13 Å². The quantitative estimate of drug-likeness (QED) is 0.817. The molecule has 0 aliphatic heterocycles. The molecule has 0 bridgehead atoms. The molecule has 3 N–H and O–H groups in total. The van der Waals surface area contributed by atoms with Crippen molar-refractivity contribution in [1.82, 2.24) is 4.98 Å². The predicted octanol–water partition coefficient (Wildman–Crippen LogP) is 1.71. The largest absolute Gasteiger partial charge is 0.481 e. The molecule has 0 unspecified atom stereocenters. The second-order valence-electron chi connectivity index (χ2n) is 3.05. The molecule has 0 aliphatic carbocycles. The van der Waals surface area contributed by atoms with E-state index in [1.165, 1.54) is 6.07 Å². The molecule has 0 aromatic carbocycles. The first kappa shape index (κ1) is 13.2. The summed E-state index contributed by atoms with van der Waals surface area (Å²) in [6.07, 6.45) is -3.12. The van der Waals surface area contributed by atoms with Crippen LogP contribution in [0, 0.1) is 3.57 Å². The van der Waals surface area contributed by atoms with Crippen molar-refractivity contribution in [2.45, 2.75) is 19.4 Å². The molecule has 0 saturated heterocycles. The Hall–Kier alpha value is -0.830. The van der Waals surface area contributed by atoms with Gasteiger partial charge in [-0.15, -0.1) is 0 Å². The number of hydrogen-bond donors (Lipinski definition) is 2. The van der Waals surface area contributed by atoms with Gasteiger partial charge in [0, 0.05) is 10.1 Å². The van der Waals surface area contributed by atoms with E-state index in [1.54, 1.807) is 22.6 Å². The number of carboxylic acid groups (broad SMARTS) is 1. The lowest BCUT2D eigenvalue weighted by molar-refractivity contribution is -0.136. The third-order valence-electron chi connectivity index (χ3n) is 1.87. The fraction of sp³-hybridized carbons (Fsp3) is 0.333. The number of aromatic nitrogens is 1. The number of pyridine rings is 1. The van der Waals surface area contributed by atoms with Gasteiger partial charge in [0.25, 0.3) is 6.43 Å². The van der Waals surface area contributed by atoms with Crippen LogP contribution in [-0.4, -0.2) is 16.1 Å². The van der Waals surface area contributed by atoms with Crippen LogP contribution in [0.25, 0.3) is 0 Å². The predicted molar refractivity (Wildman–Crippen MR) is 61.1 cm³/mol. The molecule has 0 amide bonds. The van der Waals surface area contributed by atoms with E-state index < -0.39 is 18.1 Å². The molecule has 7 heteroatoms. The number of nitrogens with two attached hydrogens (primary N) is 1. The highest BCUT2D eigenvalue weighted by Crippen LogP contribution is 2.26. The molecule has 4 nitrogen and oxygen atoms in total. The van der Waals surface area contributed by atoms with Gasteiger partial charge < -0.3 is 10.8 Å². The van der Waals surface area contributed by atoms with Crippen molar-refractivity contribution in [3.05, 3.63) is 26.6 Å². The molecule has 1 heterocycles. The lowest BCUT2D eigenvalue weighted by Gasteiger charge is -2.09. The van der Waals surface area contributed by atoms with Crippen molar-refractivity contribution in [3.63, 3.8) is 0 Å². The molecule has 1 rings (SSSR count). The van der Waals surface area contributed by atoms with Crippen LogP contribution < -0.4 is 5.73 Å². The van der Waals surface area contributed by atoms with E-state index in [0.717, 1.165) is 0 Å². The molecule has 88 valence electrons. The highest BCUT2D eigenvalue weighted by molar-refractivity contribution is 14.1. The number of carboxylic acids is 1. The molecule has 0 radical (unpaired) electrons. The zero-order valence-electron chi connectivity index (χ0n) is 8.08. The number of carbonyl (C=O) groups is 1. The van der Waals surface area contributed by atoms with E-state index in [4.69, 9.17) is 10.8 Å². The Morgan fingerprint density at radius 2 is 2.25 bits per heavy atom. The maximum atomic E-state index is 12.6. The Kier molecular flexibility index (Phi) is 4.54. The Morgan fingerprint density at radius 3 is 2.69 bits per heavy atom. The van der Waals surface area contributed by atoms with Gasteiger partial charge in [0.15, 0.2) is 0 Å². The van der Waals surface area contributed by atoms with E-state index in [2.05, 4.69) is 4.98 Å². The van der Waals surface area contributed by atoms with Crippen molar-refractivity contribution in [1.29, 1.82) is 0 Å². The summed E-state index contributed by atoms with van der Waals surface area (Å²) < 4.78 is 25.5. The maximum Gasteiger partial charge on any atom is 0.309 e. The van der Waals surface area contributed by atoms with Gasteiger partial charge in [-0.05, 0) is 34.2 Å². The van der Waals surface area contributed by atoms with Crippen molar-refractivity contribution in [3.8, 4) is 0 Å². The lowest BCUT2D eigenvalue weighted by Crippen LogP contribution is -2.10. The molecule has 0 fully saturated rings. The molecular weight excluding hydrogens is 333 g/mol. The average molecular weight is 342 g/mol. The van der Waals surface area contributed by atoms with Crippen LogP contribution >= 0.6 is 22.6 Å². The summed E-state index contributed by atoms with van der Waals surface area (Å²) in [4.78, 5) is 14.1. The monoisotopic (exact) mass is 342 g/mol. The van der Waals surface area contributed by atoms with E-state index in [9.17, 15) is 13.6 Å². The minimum absolute atomic E-state index is 0.0765. The topological polar surface area (TPSA) is 76.2 Å². The Labute approximate surface area is 104 Å². The number of alkyl halides is 2. The standard InChI is InChI=1S/C9H9F2IN2O2/c10-9(11)8-7(12)4(3-13)1-5(14-8)2-6(15)16/h1,9H,2-3,13H2,(H,15,16). The normalized spacial score (nSPS) is 10.8. The summed E-state index contributed by atoms with van der Waals surface area (Å²) in [6.45, 7) is 0.0765. The first-order chi connectivity index (χ1) is 7.45. The summed E-state index contributed by atoms with van der Waals surface area (Å²) in [6, 6.07) is 1.45. The molecule has 0 saturated carbocycles. The van der Waals surface area contributed by atoms with Gasteiger partial charge in [-0.3, -0.25) is 9.78 Å². The third-order valence-corrected chi connectivity index (χ3v) is 3.12. The summed E-state index contributed by atoms with van der Waals surface area (Å²) in [7, 11) is 0. The van der Waals surface area contributed by atoms with Crippen LogP contribution in [0.1, 0.15) is 23.4 Å². The van der Waals surface area contributed by atoms with E-state index >= 15 is 0 Å². The Morgan fingerprint density at radius 1 is 1.62 bits per heavy atom. The maximum absolute atomic E-state index is 12.6. The summed E-state index contributed by atoms with van der Waals surface area (Å²) >= 11 is 1.74. The van der Waals surface area contributed by atoms with Gasteiger partial charge in [0.2, 0.25) is 0 Å². The van der Waals surface area contributed by atoms with Crippen molar-refractivity contribution < 1.29 is 18.7 Å². The number of rotatable bonds is 4. The smallest absolute Gasteiger partial charge is 0.309 e. The Balaban J connectivity index is 3.22. The molecule has 0 atom stereocenters. The van der Waals surface area contributed by atoms with Crippen LogP contribution in [0.3, 0.4) is 0 Å². The number of nitrogens with zero attached hydrogens (tertiary/aromatic N) is 1. The third kappa shape index (κ3) is 3.08. The van der Waals surface area contributed by atoms with Crippen LogP contribution in [0.4, 0.5) is 8.78 Å². The zero-order chi connectivity index (χ0) is 12.3. The van der Waals surface area contributed by atoms with Crippen LogP contribution in [0.2, 0.25) is 0 Å². The molecule has 1 aromatic heterocycles. The lowest BCUT2D eigenvalue weighted by atomic mass is 10.1. The van der Waals surface area contributed by atoms with Crippen LogP contribution in [0.15, 0.2) is 6.07 Å². The fourth-order valence-corrected chi connectivity index (χ4v) is 1.94. The fourth-order valence-electron chi connectivity index (χ4n) is 1.20. The summed E-state index contributed by atoms with van der Waals surface area (Å²) in [5.74, 6) is -1.11. The first-order valence-electron chi connectivity index (χ1n) is 4.34. The number of halogens is 3. The van der Waals surface area contributed by atoms with Gasteiger partial charge in [0.05, 0.1) is 12.1 Å². The van der Waals surface area contributed by atoms with Crippen molar-refractivity contribution in [2.24, 2.45) is 5.73 Å². The van der Waals surface area contributed by atoms with Gasteiger partial charge in [-0.2, -0.15) is 0 Å². The molecule has 0 aliphatic rings. The highest BCUT2D eigenvalue weighted by Gasteiger charge is 2.18. The van der Waals surface area contributed by atoms with Gasteiger partial charge in [-0.1, -0.05) is 0 Å². The summed E-state index contributed by atoms with van der Waals surface area (Å²) in [5, 5.41) is 8.57. The van der Waals surface area contributed by atoms with Crippen molar-refractivity contribution >= 4 is 28.6 Å². The minimum atomic E-state index is -2.73. The molecule has 16 heavy (non-hydrogen) atoms. The second-order valence-corrected chi connectivity index (χ2v) is 4.13. The Bertz CT molecular complexity index is 413. The van der Waals surface area contributed by atoms with Gasteiger partial charge >= 0.3 is 5.97 Å². The molecular formula is C9H9F2IN2O2. The highest BCUT2D eigenvalue weighted by atomic mass is 127. The van der Waals surface area contributed by atoms with Gasteiger partial charge in [-0.25, -0.2) is 8.78 Å². The summed E-state index contributed by atoms with van der Waals surface area (Å²) in [5.41, 5.74) is 5.58.